The van der Waals surface area contributed by atoms with Gasteiger partial charge in [0.15, 0.2) is 0 Å². The van der Waals surface area contributed by atoms with Gasteiger partial charge in [0.1, 0.15) is 24.0 Å². The topological polar surface area (TPSA) is 9.23 Å². The van der Waals surface area contributed by atoms with Crippen LogP contribution in [0.4, 0.5) is 8.78 Å². The highest BCUT2D eigenvalue weighted by molar-refractivity contribution is 5.32. The van der Waals surface area contributed by atoms with Gasteiger partial charge in [-0.2, -0.15) is 0 Å². The molecule has 0 radical (unpaired) electrons. The molecule has 1 aromatic carbocycles. The van der Waals surface area contributed by atoms with Crippen LogP contribution in [0.1, 0.15) is 45.6 Å². The molecule has 0 aliphatic rings. The largest absolute Gasteiger partial charge is 0.489 e. The molecule has 1 aromatic rings. The lowest BCUT2D eigenvalue weighted by molar-refractivity contribution is 0.355. The number of halogens is 2. The first kappa shape index (κ1) is 14.7. The van der Waals surface area contributed by atoms with Crippen molar-refractivity contribution in [2.45, 2.75) is 40.0 Å². The minimum absolute atomic E-state index is 0.128. The predicted octanol–water partition coefficient (Wildman–Crippen LogP) is 4.82. The van der Waals surface area contributed by atoms with Crippen molar-refractivity contribution in [2.24, 2.45) is 0 Å². The molecule has 0 fully saturated rings. The second-order valence-corrected chi connectivity index (χ2v) is 4.70. The summed E-state index contributed by atoms with van der Waals surface area (Å²) in [5.74, 6) is -0.959. The molecule has 0 N–H and O–H groups in total. The highest BCUT2D eigenvalue weighted by Crippen LogP contribution is 2.28. The number of rotatable bonds is 5. The summed E-state index contributed by atoms with van der Waals surface area (Å²) in [6.07, 6.45) is 2.56. The van der Waals surface area contributed by atoms with Crippen LogP contribution in [0.15, 0.2) is 23.8 Å². The third kappa shape index (κ3) is 3.83. The highest BCUT2D eigenvalue weighted by Gasteiger charge is 2.16. The van der Waals surface area contributed by atoms with Gasteiger partial charge in [-0.15, -0.1) is 0 Å². The van der Waals surface area contributed by atoms with Crippen LogP contribution in [0, 0.1) is 11.6 Å². The maximum absolute atomic E-state index is 13.8. The average molecular weight is 254 g/mol. The summed E-state index contributed by atoms with van der Waals surface area (Å²) in [6.45, 7) is 7.92. The lowest BCUT2D eigenvalue weighted by atomic mass is 9.97. The van der Waals surface area contributed by atoms with Crippen molar-refractivity contribution >= 4 is 0 Å². The van der Waals surface area contributed by atoms with Crippen LogP contribution in [0.3, 0.4) is 0 Å². The lowest BCUT2D eigenvalue weighted by Crippen LogP contribution is -2.03. The van der Waals surface area contributed by atoms with Gasteiger partial charge >= 0.3 is 0 Å². The van der Waals surface area contributed by atoms with Crippen LogP contribution in [0.2, 0.25) is 0 Å². The molecule has 1 unspecified atom stereocenters. The van der Waals surface area contributed by atoms with E-state index in [0.717, 1.165) is 5.57 Å². The Morgan fingerprint density at radius 1 is 1.28 bits per heavy atom. The van der Waals surface area contributed by atoms with Crippen molar-refractivity contribution in [3.05, 3.63) is 41.0 Å². The van der Waals surface area contributed by atoms with Crippen LogP contribution in [0.5, 0.6) is 5.75 Å². The first-order valence-electron chi connectivity index (χ1n) is 6.20. The standard InChI is InChI=1S/C15H20F2O/c1-5-11(4)15-13(16)8-12(9-14(15)17)18-7-6-10(2)3/h6,8-9,11H,5,7H2,1-4H3. The van der Waals surface area contributed by atoms with Gasteiger partial charge in [0, 0.05) is 17.7 Å². The molecule has 0 amide bonds. The SMILES string of the molecule is CCC(C)c1c(F)cc(OCC=C(C)C)cc1F. The molecule has 0 saturated heterocycles. The van der Waals surface area contributed by atoms with Crippen LogP contribution < -0.4 is 4.74 Å². The Bertz CT molecular complexity index is 411. The molecule has 1 atom stereocenters. The Kier molecular flexibility index (Phi) is 5.32. The number of benzene rings is 1. The van der Waals surface area contributed by atoms with Crippen LogP contribution in [-0.2, 0) is 0 Å². The smallest absolute Gasteiger partial charge is 0.133 e. The maximum atomic E-state index is 13.8. The number of allylic oxidation sites excluding steroid dienone is 1. The number of hydrogen-bond acceptors (Lipinski definition) is 1. The Balaban J connectivity index is 2.89. The second kappa shape index (κ2) is 6.53. The van der Waals surface area contributed by atoms with Crippen LogP contribution in [0.25, 0.3) is 0 Å². The Morgan fingerprint density at radius 2 is 1.83 bits per heavy atom. The quantitative estimate of drug-likeness (QED) is 0.684. The van der Waals surface area contributed by atoms with Gasteiger partial charge in [0.2, 0.25) is 0 Å². The Hall–Kier alpha value is -1.38. The summed E-state index contributed by atoms with van der Waals surface area (Å²) in [5.41, 5.74) is 1.25. The van der Waals surface area contributed by atoms with Crippen molar-refractivity contribution in [1.29, 1.82) is 0 Å². The van der Waals surface area contributed by atoms with E-state index in [2.05, 4.69) is 0 Å². The first-order valence-corrected chi connectivity index (χ1v) is 6.20. The van der Waals surface area contributed by atoms with Crippen LogP contribution in [-0.4, -0.2) is 6.61 Å². The molecule has 1 nitrogen and oxygen atoms in total. The summed E-state index contributed by atoms with van der Waals surface area (Å²) in [7, 11) is 0. The summed E-state index contributed by atoms with van der Waals surface area (Å²) < 4.78 is 32.9. The molecule has 0 aliphatic heterocycles. The summed E-state index contributed by atoms with van der Waals surface area (Å²) >= 11 is 0. The molecule has 0 spiro atoms. The van der Waals surface area contributed by atoms with Gasteiger partial charge in [0.25, 0.3) is 0 Å². The van der Waals surface area contributed by atoms with Crippen molar-refractivity contribution < 1.29 is 13.5 Å². The fraction of sp³-hybridized carbons (Fsp3) is 0.467. The zero-order valence-corrected chi connectivity index (χ0v) is 11.4. The van der Waals surface area contributed by atoms with Crippen molar-refractivity contribution in [2.75, 3.05) is 6.61 Å². The van der Waals surface area contributed by atoms with Crippen molar-refractivity contribution in [3.63, 3.8) is 0 Å². The molecule has 0 saturated carbocycles. The van der Waals surface area contributed by atoms with Gasteiger partial charge < -0.3 is 4.74 Å². The molecule has 0 bridgehead atoms. The molecular weight excluding hydrogens is 234 g/mol. The Morgan fingerprint density at radius 3 is 2.28 bits per heavy atom. The molecule has 0 heterocycles. The highest BCUT2D eigenvalue weighted by atomic mass is 19.1. The molecule has 3 heteroatoms. The molecule has 1 rings (SSSR count). The predicted molar refractivity (Wildman–Crippen MR) is 70.0 cm³/mol. The van der Waals surface area contributed by atoms with E-state index >= 15 is 0 Å². The van der Waals surface area contributed by atoms with E-state index in [9.17, 15) is 8.78 Å². The Labute approximate surface area is 107 Å². The van der Waals surface area contributed by atoms with Gasteiger partial charge in [0.05, 0.1) is 0 Å². The van der Waals surface area contributed by atoms with E-state index in [1.165, 1.54) is 12.1 Å². The molecule has 100 valence electrons. The molecule has 18 heavy (non-hydrogen) atoms. The van der Waals surface area contributed by atoms with Crippen LogP contribution >= 0.6 is 0 Å². The molecular formula is C15H20F2O. The van der Waals surface area contributed by atoms with E-state index < -0.39 is 11.6 Å². The second-order valence-electron chi connectivity index (χ2n) is 4.70. The van der Waals surface area contributed by atoms with E-state index in [-0.39, 0.29) is 17.2 Å². The monoisotopic (exact) mass is 254 g/mol. The fourth-order valence-corrected chi connectivity index (χ4v) is 1.62. The number of hydrogen-bond donors (Lipinski definition) is 0. The molecule has 0 aromatic heterocycles. The van der Waals surface area contributed by atoms with E-state index in [0.29, 0.717) is 13.0 Å². The first-order chi connectivity index (χ1) is 8.45. The summed E-state index contributed by atoms with van der Waals surface area (Å²) in [4.78, 5) is 0. The maximum Gasteiger partial charge on any atom is 0.133 e. The minimum atomic E-state index is -0.531. The summed E-state index contributed by atoms with van der Waals surface area (Å²) in [6, 6.07) is 2.51. The third-order valence-corrected chi connectivity index (χ3v) is 2.90. The third-order valence-electron chi connectivity index (χ3n) is 2.90. The van der Waals surface area contributed by atoms with Crippen molar-refractivity contribution in [1.82, 2.24) is 0 Å². The van der Waals surface area contributed by atoms with Crippen molar-refractivity contribution in [3.8, 4) is 5.75 Å². The van der Waals surface area contributed by atoms with Gasteiger partial charge in [-0.05, 0) is 32.3 Å². The minimum Gasteiger partial charge on any atom is -0.489 e. The van der Waals surface area contributed by atoms with E-state index in [1.807, 2.05) is 33.8 Å². The zero-order chi connectivity index (χ0) is 13.7. The van der Waals surface area contributed by atoms with Gasteiger partial charge in [-0.3, -0.25) is 0 Å². The summed E-state index contributed by atoms with van der Waals surface area (Å²) in [5, 5.41) is 0. The average Bonchev–Trinajstić information content (AvgIpc) is 2.27. The fourth-order valence-electron chi connectivity index (χ4n) is 1.62. The van der Waals surface area contributed by atoms with E-state index in [4.69, 9.17) is 4.74 Å². The van der Waals surface area contributed by atoms with Gasteiger partial charge in [-0.25, -0.2) is 8.78 Å². The molecule has 0 aliphatic carbocycles. The number of ether oxygens (including phenoxy) is 1. The lowest BCUT2D eigenvalue weighted by Gasteiger charge is -2.13. The zero-order valence-electron chi connectivity index (χ0n) is 11.4. The van der Waals surface area contributed by atoms with E-state index in [1.54, 1.807) is 0 Å². The van der Waals surface area contributed by atoms with Gasteiger partial charge in [-0.1, -0.05) is 19.4 Å². The normalized spacial score (nSPS) is 12.1.